The fourth-order valence-electron chi connectivity index (χ4n) is 1.62. The van der Waals surface area contributed by atoms with Crippen LogP contribution in [0.5, 0.6) is 0 Å². The molecule has 0 aromatic carbocycles. The van der Waals surface area contributed by atoms with Gasteiger partial charge in [-0.05, 0) is 19.8 Å². The first-order chi connectivity index (χ1) is 7.16. The number of carbonyl (C=O) groups excluding carboxylic acids is 1. The predicted octanol–water partition coefficient (Wildman–Crippen LogP) is 1.72. The number of rotatable bonds is 7. The predicted molar refractivity (Wildman–Crippen MR) is 61.4 cm³/mol. The number of ether oxygens (including phenoxy) is 1. The minimum atomic E-state index is -0.600. The normalized spacial score (nSPS) is 14.0. The summed E-state index contributed by atoms with van der Waals surface area (Å²) in [7, 11) is 0. The van der Waals surface area contributed by atoms with Crippen LogP contribution in [-0.2, 0) is 9.53 Å². The average Bonchev–Trinajstić information content (AvgIpc) is 2.24. The summed E-state index contributed by atoms with van der Waals surface area (Å²) < 4.78 is 5.08. The van der Waals surface area contributed by atoms with Gasteiger partial charge in [-0.15, -0.1) is 6.42 Å². The summed E-state index contributed by atoms with van der Waals surface area (Å²) in [5, 5.41) is 3.11. The minimum absolute atomic E-state index is 0.190. The van der Waals surface area contributed by atoms with Crippen molar-refractivity contribution >= 4 is 5.97 Å². The molecule has 0 bridgehead atoms. The van der Waals surface area contributed by atoms with E-state index in [0.29, 0.717) is 19.6 Å². The Bertz CT molecular complexity index is 232. The van der Waals surface area contributed by atoms with Crippen LogP contribution < -0.4 is 5.32 Å². The Morgan fingerprint density at radius 2 is 2.13 bits per heavy atom. The van der Waals surface area contributed by atoms with Gasteiger partial charge in [0.05, 0.1) is 13.2 Å². The first-order valence-corrected chi connectivity index (χ1v) is 5.52. The lowest BCUT2D eigenvalue weighted by Gasteiger charge is -2.30. The van der Waals surface area contributed by atoms with E-state index in [0.717, 1.165) is 12.8 Å². The lowest BCUT2D eigenvalue weighted by Crippen LogP contribution is -2.52. The molecule has 0 spiro atoms. The lowest BCUT2D eigenvalue weighted by molar-refractivity contribution is -0.151. The number of hydrogen-bond acceptors (Lipinski definition) is 3. The van der Waals surface area contributed by atoms with Crippen molar-refractivity contribution in [1.29, 1.82) is 0 Å². The highest BCUT2D eigenvalue weighted by atomic mass is 16.5. The van der Waals surface area contributed by atoms with Crippen LogP contribution in [0.15, 0.2) is 0 Å². The summed E-state index contributed by atoms with van der Waals surface area (Å²) >= 11 is 0. The topological polar surface area (TPSA) is 38.3 Å². The van der Waals surface area contributed by atoms with Crippen LogP contribution in [0, 0.1) is 12.3 Å². The number of nitrogens with one attached hydrogen (secondary N) is 1. The Labute approximate surface area is 92.6 Å². The monoisotopic (exact) mass is 211 g/mol. The van der Waals surface area contributed by atoms with Gasteiger partial charge in [-0.3, -0.25) is 10.1 Å². The molecule has 86 valence electrons. The molecule has 3 nitrogen and oxygen atoms in total. The van der Waals surface area contributed by atoms with Crippen molar-refractivity contribution < 1.29 is 9.53 Å². The molecule has 0 saturated carbocycles. The van der Waals surface area contributed by atoms with Gasteiger partial charge in [-0.1, -0.05) is 26.2 Å². The molecule has 15 heavy (non-hydrogen) atoms. The van der Waals surface area contributed by atoms with E-state index < -0.39 is 5.54 Å². The quantitative estimate of drug-likeness (QED) is 0.515. The Hall–Kier alpha value is -1.01. The maximum atomic E-state index is 11.8. The van der Waals surface area contributed by atoms with Gasteiger partial charge in [-0.2, -0.15) is 0 Å². The first kappa shape index (κ1) is 14.0. The molecule has 0 amide bonds. The van der Waals surface area contributed by atoms with Crippen molar-refractivity contribution in [1.82, 2.24) is 5.32 Å². The zero-order valence-corrected chi connectivity index (χ0v) is 9.93. The smallest absolute Gasteiger partial charge is 0.326 e. The molecule has 0 radical (unpaired) electrons. The molecule has 0 aliphatic carbocycles. The zero-order valence-electron chi connectivity index (χ0n) is 9.93. The van der Waals surface area contributed by atoms with E-state index in [2.05, 4.69) is 11.2 Å². The molecule has 1 unspecified atom stereocenters. The highest BCUT2D eigenvalue weighted by Crippen LogP contribution is 2.19. The van der Waals surface area contributed by atoms with Gasteiger partial charge in [-0.25, -0.2) is 0 Å². The van der Waals surface area contributed by atoms with Gasteiger partial charge in [0.25, 0.3) is 0 Å². The van der Waals surface area contributed by atoms with Gasteiger partial charge in [0.2, 0.25) is 0 Å². The zero-order chi connectivity index (χ0) is 11.7. The molecule has 0 heterocycles. The molecule has 0 aliphatic heterocycles. The van der Waals surface area contributed by atoms with E-state index in [1.807, 2.05) is 20.8 Å². The summed E-state index contributed by atoms with van der Waals surface area (Å²) in [6.07, 6.45) is 7.57. The Morgan fingerprint density at radius 1 is 1.47 bits per heavy atom. The fraction of sp³-hybridized carbons (Fsp3) is 0.750. The van der Waals surface area contributed by atoms with Crippen molar-refractivity contribution in [2.75, 3.05) is 13.2 Å². The third kappa shape index (κ3) is 3.93. The molecule has 0 rings (SSSR count). The summed E-state index contributed by atoms with van der Waals surface area (Å²) in [5.74, 6) is 2.30. The highest BCUT2D eigenvalue weighted by Gasteiger charge is 2.36. The van der Waals surface area contributed by atoms with Gasteiger partial charge in [0, 0.05) is 0 Å². The number of hydrogen-bond donors (Lipinski definition) is 1. The Morgan fingerprint density at radius 3 is 2.53 bits per heavy atom. The number of terminal acetylenes is 1. The van der Waals surface area contributed by atoms with Crippen LogP contribution >= 0.6 is 0 Å². The third-order valence-corrected chi connectivity index (χ3v) is 2.48. The summed E-state index contributed by atoms with van der Waals surface area (Å²) in [6.45, 7) is 6.62. The Kier molecular flexibility index (Phi) is 6.81. The van der Waals surface area contributed by atoms with Gasteiger partial charge in [0.1, 0.15) is 5.54 Å². The molecular weight excluding hydrogens is 190 g/mol. The lowest BCUT2D eigenvalue weighted by atomic mass is 9.90. The molecule has 0 aliphatic rings. The molecule has 0 saturated heterocycles. The van der Waals surface area contributed by atoms with Crippen LogP contribution in [0.1, 0.15) is 40.0 Å². The van der Waals surface area contributed by atoms with Gasteiger partial charge >= 0.3 is 5.97 Å². The van der Waals surface area contributed by atoms with Crippen LogP contribution in [0.3, 0.4) is 0 Å². The van der Waals surface area contributed by atoms with Crippen LogP contribution in [0.4, 0.5) is 0 Å². The van der Waals surface area contributed by atoms with Gasteiger partial charge in [0.15, 0.2) is 0 Å². The number of carbonyl (C=O) groups is 1. The number of esters is 1. The molecular formula is C12H21NO2. The second-order valence-corrected chi connectivity index (χ2v) is 3.46. The molecule has 1 N–H and O–H groups in total. The van der Waals surface area contributed by atoms with E-state index >= 15 is 0 Å². The highest BCUT2D eigenvalue weighted by molar-refractivity contribution is 5.80. The van der Waals surface area contributed by atoms with E-state index in [9.17, 15) is 4.79 Å². The molecule has 3 heteroatoms. The Balaban J connectivity index is 4.63. The fourth-order valence-corrected chi connectivity index (χ4v) is 1.62. The van der Waals surface area contributed by atoms with E-state index in [1.165, 1.54) is 0 Å². The van der Waals surface area contributed by atoms with Gasteiger partial charge < -0.3 is 4.74 Å². The van der Waals surface area contributed by atoms with Crippen LogP contribution in [0.25, 0.3) is 0 Å². The van der Waals surface area contributed by atoms with Crippen molar-refractivity contribution in [3.8, 4) is 12.3 Å². The summed E-state index contributed by atoms with van der Waals surface area (Å²) in [5.41, 5.74) is -0.600. The SMILES string of the molecule is C#CCNC(CC)(CCC)C(=O)OCC. The second-order valence-electron chi connectivity index (χ2n) is 3.46. The van der Waals surface area contributed by atoms with E-state index in [1.54, 1.807) is 0 Å². The average molecular weight is 211 g/mol. The molecule has 0 aromatic rings. The largest absolute Gasteiger partial charge is 0.465 e. The van der Waals surface area contributed by atoms with Crippen molar-refractivity contribution in [3.63, 3.8) is 0 Å². The van der Waals surface area contributed by atoms with E-state index in [-0.39, 0.29) is 5.97 Å². The van der Waals surface area contributed by atoms with Crippen molar-refractivity contribution in [2.24, 2.45) is 0 Å². The summed E-state index contributed by atoms with van der Waals surface area (Å²) in [6, 6.07) is 0. The standard InChI is InChI=1S/C12H21NO2/c1-5-9-12(7-3,13-10-6-2)11(14)15-8-4/h2,13H,5,7-10H2,1,3-4H3. The first-order valence-electron chi connectivity index (χ1n) is 5.52. The second kappa shape index (κ2) is 7.30. The third-order valence-electron chi connectivity index (χ3n) is 2.48. The maximum Gasteiger partial charge on any atom is 0.326 e. The molecule has 0 aromatic heterocycles. The summed E-state index contributed by atoms with van der Waals surface area (Å²) in [4.78, 5) is 11.8. The van der Waals surface area contributed by atoms with Crippen LogP contribution in [0.2, 0.25) is 0 Å². The molecule has 0 fully saturated rings. The van der Waals surface area contributed by atoms with E-state index in [4.69, 9.17) is 11.2 Å². The van der Waals surface area contributed by atoms with Crippen molar-refractivity contribution in [2.45, 2.75) is 45.6 Å². The maximum absolute atomic E-state index is 11.8. The van der Waals surface area contributed by atoms with Crippen LogP contribution in [-0.4, -0.2) is 24.7 Å². The molecule has 1 atom stereocenters. The minimum Gasteiger partial charge on any atom is -0.465 e. The van der Waals surface area contributed by atoms with Crippen molar-refractivity contribution in [3.05, 3.63) is 0 Å².